The molecule has 2 rings (SSSR count). The Balaban J connectivity index is 2.37. The number of carbonyl (C=O) groups excluding carboxylic acids is 1. The minimum absolute atomic E-state index is 0.0864. The number of nitrogens with zero attached hydrogens (tertiary/aromatic N) is 1. The molecule has 0 bridgehead atoms. The van der Waals surface area contributed by atoms with Crippen molar-refractivity contribution in [1.29, 1.82) is 0 Å². The molecule has 2 heteroatoms. The maximum absolute atomic E-state index is 12.2. The van der Waals surface area contributed by atoms with Gasteiger partial charge >= 0.3 is 0 Å². The number of fused-ring (bicyclic) bond motifs is 1. The zero-order valence-electron chi connectivity index (χ0n) is 11.8. The molecule has 0 amide bonds. The summed E-state index contributed by atoms with van der Waals surface area (Å²) in [5.41, 5.74) is 3.43. The molecule has 1 aliphatic carbocycles. The normalized spacial score (nSPS) is 17.0. The summed E-state index contributed by atoms with van der Waals surface area (Å²) in [6.45, 7) is 9.19. The Hall–Kier alpha value is -1.49. The van der Waals surface area contributed by atoms with Crippen LogP contribution in [-0.4, -0.2) is 10.4 Å². The molecule has 0 aromatic carbocycles. The zero-order chi connectivity index (χ0) is 13.3. The van der Waals surface area contributed by atoms with E-state index in [0.717, 1.165) is 24.9 Å². The molecule has 0 atom stereocenters. The second-order valence-corrected chi connectivity index (χ2v) is 5.92. The highest BCUT2D eigenvalue weighted by Gasteiger charge is 2.33. The van der Waals surface area contributed by atoms with E-state index in [9.17, 15) is 4.79 Å². The van der Waals surface area contributed by atoms with E-state index in [-0.39, 0.29) is 5.41 Å². The van der Waals surface area contributed by atoms with Crippen LogP contribution >= 0.6 is 0 Å². The fourth-order valence-corrected chi connectivity index (χ4v) is 2.81. The van der Waals surface area contributed by atoms with E-state index < -0.39 is 0 Å². The molecule has 0 fully saturated rings. The third kappa shape index (κ3) is 2.36. The number of rotatable bonds is 2. The first-order valence-corrected chi connectivity index (χ1v) is 6.56. The van der Waals surface area contributed by atoms with E-state index in [1.807, 2.05) is 13.0 Å². The lowest BCUT2D eigenvalue weighted by molar-refractivity contribution is 0.0910. The fourth-order valence-electron chi connectivity index (χ4n) is 2.81. The van der Waals surface area contributed by atoms with Crippen LogP contribution in [-0.2, 0) is 13.0 Å². The van der Waals surface area contributed by atoms with Crippen LogP contribution in [0.1, 0.15) is 55.4 Å². The Morgan fingerprint density at radius 1 is 1.39 bits per heavy atom. The van der Waals surface area contributed by atoms with Crippen LogP contribution in [0, 0.1) is 24.2 Å². The summed E-state index contributed by atoms with van der Waals surface area (Å²) in [6, 6.07) is 2.05. The lowest BCUT2D eigenvalue weighted by Crippen LogP contribution is -2.28. The second kappa shape index (κ2) is 4.65. The zero-order valence-corrected chi connectivity index (χ0v) is 11.8. The molecule has 0 aliphatic heterocycles. The number of aryl methyl sites for hydroxylation is 1. The third-order valence-corrected chi connectivity index (χ3v) is 3.64. The van der Waals surface area contributed by atoms with Crippen molar-refractivity contribution in [2.45, 2.75) is 53.5 Å². The predicted molar refractivity (Wildman–Crippen MR) is 73.7 cm³/mol. The van der Waals surface area contributed by atoms with Gasteiger partial charge in [-0.05, 0) is 31.7 Å². The number of carbonyl (C=O) groups is 1. The smallest absolute Gasteiger partial charge is 0.165 e. The molecular formula is C16H21NO. The summed E-state index contributed by atoms with van der Waals surface area (Å²) in [5.74, 6) is 6.32. The van der Waals surface area contributed by atoms with Crippen molar-refractivity contribution in [3.8, 4) is 11.8 Å². The molecule has 1 aromatic heterocycles. The Morgan fingerprint density at radius 3 is 2.78 bits per heavy atom. The van der Waals surface area contributed by atoms with Gasteiger partial charge in [0.05, 0.1) is 0 Å². The van der Waals surface area contributed by atoms with Crippen molar-refractivity contribution in [1.82, 2.24) is 4.57 Å². The van der Waals surface area contributed by atoms with Crippen molar-refractivity contribution >= 4 is 5.78 Å². The van der Waals surface area contributed by atoms with Crippen molar-refractivity contribution in [2.24, 2.45) is 5.41 Å². The summed E-state index contributed by atoms with van der Waals surface area (Å²) in [4.78, 5) is 12.2. The Labute approximate surface area is 109 Å². The van der Waals surface area contributed by atoms with Crippen LogP contribution < -0.4 is 0 Å². The molecule has 0 unspecified atom stereocenters. The van der Waals surface area contributed by atoms with Gasteiger partial charge in [0.25, 0.3) is 0 Å². The number of Topliss-reactive ketones (excluding diaryl/α,β-unsaturated/α-hetero) is 1. The average molecular weight is 243 g/mol. The lowest BCUT2D eigenvalue weighted by Gasteiger charge is -2.29. The molecule has 2 nitrogen and oxygen atoms in total. The summed E-state index contributed by atoms with van der Waals surface area (Å²) in [7, 11) is 0. The SMILES string of the molecule is CC#CCCn1c(C)cc2c1CC(C)(C)CC2=O. The van der Waals surface area contributed by atoms with Gasteiger partial charge in [0, 0.05) is 36.3 Å². The van der Waals surface area contributed by atoms with Gasteiger partial charge in [-0.25, -0.2) is 0 Å². The molecule has 1 aliphatic rings. The van der Waals surface area contributed by atoms with E-state index in [0.29, 0.717) is 12.2 Å². The van der Waals surface area contributed by atoms with Gasteiger partial charge in [0.1, 0.15) is 0 Å². The minimum Gasteiger partial charge on any atom is -0.347 e. The van der Waals surface area contributed by atoms with Crippen LogP contribution in [0.4, 0.5) is 0 Å². The Morgan fingerprint density at radius 2 is 2.11 bits per heavy atom. The summed E-state index contributed by atoms with van der Waals surface area (Å²) < 4.78 is 2.28. The Kier molecular flexibility index (Phi) is 3.34. The van der Waals surface area contributed by atoms with Crippen LogP contribution in [0.3, 0.4) is 0 Å². The molecule has 18 heavy (non-hydrogen) atoms. The number of aromatic nitrogens is 1. The Bertz CT molecular complexity index is 537. The van der Waals surface area contributed by atoms with E-state index in [1.54, 1.807) is 0 Å². The minimum atomic E-state index is 0.0864. The van der Waals surface area contributed by atoms with Crippen molar-refractivity contribution in [2.75, 3.05) is 0 Å². The van der Waals surface area contributed by atoms with Gasteiger partial charge in [-0.3, -0.25) is 4.79 Å². The van der Waals surface area contributed by atoms with Crippen LogP contribution in [0.5, 0.6) is 0 Å². The van der Waals surface area contributed by atoms with E-state index in [2.05, 4.69) is 37.2 Å². The molecule has 1 heterocycles. The highest BCUT2D eigenvalue weighted by molar-refractivity contribution is 5.99. The topological polar surface area (TPSA) is 22.0 Å². The standard InChI is InChI=1S/C16H21NO/c1-5-6-7-8-17-12(2)9-13-14(17)10-16(3,4)11-15(13)18/h9H,7-8,10-11H2,1-4H3. The molecule has 0 saturated heterocycles. The van der Waals surface area contributed by atoms with Crippen LogP contribution in [0.2, 0.25) is 0 Å². The first-order valence-electron chi connectivity index (χ1n) is 6.56. The number of ketones is 1. The summed E-state index contributed by atoms with van der Waals surface area (Å²) >= 11 is 0. The van der Waals surface area contributed by atoms with Crippen molar-refractivity contribution < 1.29 is 4.79 Å². The maximum atomic E-state index is 12.2. The molecule has 0 N–H and O–H groups in total. The highest BCUT2D eigenvalue weighted by Crippen LogP contribution is 2.36. The summed E-state index contributed by atoms with van der Waals surface area (Å²) in [6.07, 6.45) is 2.51. The molecular weight excluding hydrogens is 222 g/mol. The van der Waals surface area contributed by atoms with Crippen LogP contribution in [0.15, 0.2) is 6.07 Å². The highest BCUT2D eigenvalue weighted by atomic mass is 16.1. The maximum Gasteiger partial charge on any atom is 0.165 e. The van der Waals surface area contributed by atoms with Gasteiger partial charge in [-0.15, -0.1) is 11.8 Å². The van der Waals surface area contributed by atoms with Gasteiger partial charge in [-0.2, -0.15) is 0 Å². The predicted octanol–water partition coefficient (Wildman–Crippen LogP) is 3.37. The van der Waals surface area contributed by atoms with Crippen LogP contribution in [0.25, 0.3) is 0 Å². The summed E-state index contributed by atoms with van der Waals surface area (Å²) in [5, 5.41) is 0. The molecule has 96 valence electrons. The molecule has 0 radical (unpaired) electrons. The van der Waals surface area contributed by atoms with Gasteiger partial charge in [0.2, 0.25) is 0 Å². The van der Waals surface area contributed by atoms with E-state index in [1.165, 1.54) is 11.4 Å². The van der Waals surface area contributed by atoms with Gasteiger partial charge in [-0.1, -0.05) is 13.8 Å². The molecule has 0 saturated carbocycles. The fraction of sp³-hybridized carbons (Fsp3) is 0.562. The average Bonchev–Trinajstić information content (AvgIpc) is 2.56. The quantitative estimate of drug-likeness (QED) is 0.730. The van der Waals surface area contributed by atoms with E-state index in [4.69, 9.17) is 0 Å². The van der Waals surface area contributed by atoms with Gasteiger partial charge in [0.15, 0.2) is 5.78 Å². The lowest BCUT2D eigenvalue weighted by atomic mass is 9.76. The monoisotopic (exact) mass is 243 g/mol. The third-order valence-electron chi connectivity index (χ3n) is 3.64. The second-order valence-electron chi connectivity index (χ2n) is 5.92. The number of hydrogen-bond acceptors (Lipinski definition) is 1. The van der Waals surface area contributed by atoms with Crippen molar-refractivity contribution in [3.05, 3.63) is 23.0 Å². The van der Waals surface area contributed by atoms with Crippen molar-refractivity contribution in [3.63, 3.8) is 0 Å². The van der Waals surface area contributed by atoms with Gasteiger partial charge < -0.3 is 4.57 Å². The first-order chi connectivity index (χ1) is 8.44. The molecule has 0 spiro atoms. The first kappa shape index (κ1) is 13.0. The largest absolute Gasteiger partial charge is 0.347 e. The molecule has 1 aromatic rings. The number of hydrogen-bond donors (Lipinski definition) is 0. The van der Waals surface area contributed by atoms with E-state index >= 15 is 0 Å².